The highest BCUT2D eigenvalue weighted by atomic mass is 16.5. The van der Waals surface area contributed by atoms with Gasteiger partial charge >= 0.3 is 12.0 Å². The van der Waals surface area contributed by atoms with Gasteiger partial charge in [-0.05, 0) is 49.2 Å². The summed E-state index contributed by atoms with van der Waals surface area (Å²) in [7, 11) is 1.56. The third-order valence-corrected chi connectivity index (χ3v) is 4.88. The van der Waals surface area contributed by atoms with Crippen molar-refractivity contribution < 1.29 is 28.7 Å². The maximum Gasteiger partial charge on any atom is 0.338 e. The number of carbonyl (C=O) groups excluding carboxylic acids is 4. The molecule has 9 nitrogen and oxygen atoms in total. The Morgan fingerprint density at radius 1 is 1.00 bits per heavy atom. The molecule has 0 fully saturated rings. The van der Waals surface area contributed by atoms with Gasteiger partial charge in [-0.1, -0.05) is 12.1 Å². The molecule has 32 heavy (non-hydrogen) atoms. The van der Waals surface area contributed by atoms with Crippen LogP contribution in [0.15, 0.2) is 42.5 Å². The second-order valence-electron chi connectivity index (χ2n) is 7.09. The quantitative estimate of drug-likeness (QED) is 0.353. The minimum atomic E-state index is -0.465. The predicted octanol–water partition coefficient (Wildman–Crippen LogP) is 2.82. The van der Waals surface area contributed by atoms with Crippen LogP contribution in [0.3, 0.4) is 0 Å². The largest absolute Gasteiger partial charge is 0.462 e. The van der Waals surface area contributed by atoms with Crippen molar-refractivity contribution in [2.24, 2.45) is 0 Å². The molecule has 0 atom stereocenters. The number of carbonyl (C=O) groups is 4. The summed E-state index contributed by atoms with van der Waals surface area (Å²) in [6.45, 7) is 3.01. The second-order valence-corrected chi connectivity index (χ2v) is 7.09. The number of urea groups is 1. The summed E-state index contributed by atoms with van der Waals surface area (Å²) in [5.41, 5.74) is 2.22. The van der Waals surface area contributed by atoms with E-state index in [1.54, 1.807) is 44.4 Å². The first-order valence-corrected chi connectivity index (χ1v) is 10.2. The van der Waals surface area contributed by atoms with Crippen molar-refractivity contribution in [3.63, 3.8) is 0 Å². The summed E-state index contributed by atoms with van der Waals surface area (Å²) < 4.78 is 9.91. The van der Waals surface area contributed by atoms with E-state index in [-0.39, 0.29) is 30.5 Å². The lowest BCUT2D eigenvalue weighted by atomic mass is 10.1. The molecular weight excluding hydrogens is 414 g/mol. The van der Waals surface area contributed by atoms with E-state index in [1.807, 2.05) is 0 Å². The molecule has 1 heterocycles. The Bertz CT molecular complexity index is 1020. The lowest BCUT2D eigenvalue weighted by molar-refractivity contribution is 0.0525. The average Bonchev–Trinajstić information content (AvgIpc) is 3.02. The van der Waals surface area contributed by atoms with Crippen LogP contribution in [0.25, 0.3) is 0 Å². The normalized spacial score (nSPS) is 12.5. The number of benzene rings is 2. The van der Waals surface area contributed by atoms with Crippen LogP contribution in [0, 0.1) is 0 Å². The highest BCUT2D eigenvalue weighted by Crippen LogP contribution is 2.26. The molecule has 9 heteroatoms. The molecule has 0 saturated carbocycles. The molecule has 4 amide bonds. The summed E-state index contributed by atoms with van der Waals surface area (Å²) in [6, 6.07) is 10.9. The summed E-state index contributed by atoms with van der Waals surface area (Å²) in [5.74, 6) is -1.12. The minimum Gasteiger partial charge on any atom is -0.462 e. The first kappa shape index (κ1) is 23.0. The highest BCUT2D eigenvalue weighted by Gasteiger charge is 2.35. The van der Waals surface area contributed by atoms with E-state index in [0.717, 1.165) is 5.56 Å². The van der Waals surface area contributed by atoms with E-state index in [0.29, 0.717) is 36.4 Å². The molecule has 2 N–H and O–H groups in total. The van der Waals surface area contributed by atoms with E-state index in [4.69, 9.17) is 9.47 Å². The number of imide groups is 1. The number of amides is 4. The minimum absolute atomic E-state index is 0.241. The molecule has 0 bridgehead atoms. The van der Waals surface area contributed by atoms with Gasteiger partial charge in [0.15, 0.2) is 0 Å². The molecule has 168 valence electrons. The van der Waals surface area contributed by atoms with Gasteiger partial charge in [-0.2, -0.15) is 0 Å². The number of esters is 1. The van der Waals surface area contributed by atoms with E-state index >= 15 is 0 Å². The Balaban J connectivity index is 1.56. The van der Waals surface area contributed by atoms with E-state index in [2.05, 4.69) is 10.6 Å². The number of fused-ring (bicyclic) bond motifs is 1. The number of hydrogen-bond donors (Lipinski definition) is 2. The first-order chi connectivity index (χ1) is 15.4. The van der Waals surface area contributed by atoms with E-state index < -0.39 is 12.0 Å². The molecule has 0 aromatic heterocycles. The third kappa shape index (κ3) is 5.30. The molecule has 0 saturated heterocycles. The zero-order valence-corrected chi connectivity index (χ0v) is 18.0. The van der Waals surface area contributed by atoms with Gasteiger partial charge in [-0.15, -0.1) is 0 Å². The van der Waals surface area contributed by atoms with Gasteiger partial charge in [0.25, 0.3) is 11.8 Å². The van der Waals surface area contributed by atoms with Crippen LogP contribution in [-0.2, 0) is 16.0 Å². The lowest BCUT2D eigenvalue weighted by Crippen LogP contribution is -2.31. The fraction of sp³-hybridized carbons (Fsp3) is 0.304. The summed E-state index contributed by atoms with van der Waals surface area (Å²) in [4.78, 5) is 50.1. The maximum atomic E-state index is 12.6. The molecule has 0 unspecified atom stereocenters. The van der Waals surface area contributed by atoms with Crippen molar-refractivity contribution in [2.45, 2.75) is 19.9 Å². The Hall–Kier alpha value is -3.72. The fourth-order valence-corrected chi connectivity index (χ4v) is 3.27. The summed E-state index contributed by atoms with van der Waals surface area (Å²) >= 11 is 0. The van der Waals surface area contributed by atoms with Crippen molar-refractivity contribution in [3.8, 4) is 0 Å². The van der Waals surface area contributed by atoms with Crippen LogP contribution in [0.4, 0.5) is 10.5 Å². The molecule has 1 aliphatic heterocycles. The number of anilines is 1. The van der Waals surface area contributed by atoms with Gasteiger partial charge in [0.2, 0.25) is 0 Å². The molecule has 0 spiro atoms. The highest BCUT2D eigenvalue weighted by molar-refractivity contribution is 6.21. The van der Waals surface area contributed by atoms with Gasteiger partial charge in [0, 0.05) is 32.5 Å². The van der Waals surface area contributed by atoms with Crippen molar-refractivity contribution in [2.75, 3.05) is 32.2 Å². The Morgan fingerprint density at radius 3 is 2.41 bits per heavy atom. The van der Waals surface area contributed by atoms with Gasteiger partial charge < -0.3 is 20.1 Å². The van der Waals surface area contributed by atoms with Crippen molar-refractivity contribution in [1.82, 2.24) is 10.2 Å². The third-order valence-electron chi connectivity index (χ3n) is 4.88. The second kappa shape index (κ2) is 10.5. The SMILES string of the molecule is CCOC(=O)c1ccc(CNC(=O)Nc2ccc3c(c2)C(=O)N(CCCOC)C3=O)cc1. The van der Waals surface area contributed by atoms with Crippen molar-refractivity contribution >= 4 is 29.5 Å². The van der Waals surface area contributed by atoms with Crippen LogP contribution in [0.2, 0.25) is 0 Å². The van der Waals surface area contributed by atoms with Gasteiger partial charge in [-0.3, -0.25) is 14.5 Å². The van der Waals surface area contributed by atoms with Gasteiger partial charge in [0.05, 0.1) is 23.3 Å². The van der Waals surface area contributed by atoms with Crippen LogP contribution >= 0.6 is 0 Å². The van der Waals surface area contributed by atoms with Crippen molar-refractivity contribution in [1.29, 1.82) is 0 Å². The first-order valence-electron chi connectivity index (χ1n) is 10.2. The molecule has 0 radical (unpaired) electrons. The van der Waals surface area contributed by atoms with Crippen LogP contribution in [-0.4, -0.2) is 55.6 Å². The number of methoxy groups -OCH3 is 1. The zero-order valence-electron chi connectivity index (χ0n) is 18.0. The molecule has 2 aromatic carbocycles. The maximum absolute atomic E-state index is 12.6. The molecule has 0 aliphatic carbocycles. The van der Waals surface area contributed by atoms with E-state index in [1.165, 1.54) is 17.0 Å². The number of nitrogens with zero attached hydrogens (tertiary/aromatic N) is 1. The zero-order chi connectivity index (χ0) is 23.1. The fourth-order valence-electron chi connectivity index (χ4n) is 3.27. The Labute approximate surface area is 185 Å². The van der Waals surface area contributed by atoms with E-state index in [9.17, 15) is 19.2 Å². The number of rotatable bonds is 9. The molecule has 3 rings (SSSR count). The Kier molecular flexibility index (Phi) is 7.56. The molecular formula is C23H25N3O6. The van der Waals surface area contributed by atoms with Crippen LogP contribution in [0.1, 0.15) is 50.0 Å². The number of hydrogen-bond acceptors (Lipinski definition) is 6. The Morgan fingerprint density at radius 2 is 1.72 bits per heavy atom. The lowest BCUT2D eigenvalue weighted by Gasteiger charge is -2.12. The molecule has 1 aliphatic rings. The topological polar surface area (TPSA) is 114 Å². The average molecular weight is 439 g/mol. The van der Waals surface area contributed by atoms with Crippen molar-refractivity contribution in [3.05, 3.63) is 64.7 Å². The van der Waals surface area contributed by atoms with Crippen LogP contribution < -0.4 is 10.6 Å². The number of ether oxygens (including phenoxy) is 2. The van der Waals surface area contributed by atoms with Gasteiger partial charge in [0.1, 0.15) is 0 Å². The molecule has 2 aromatic rings. The summed E-state index contributed by atoms with van der Waals surface area (Å²) in [6.07, 6.45) is 0.552. The van der Waals surface area contributed by atoms with Crippen LogP contribution in [0.5, 0.6) is 0 Å². The summed E-state index contributed by atoms with van der Waals surface area (Å²) in [5, 5.41) is 5.37. The predicted molar refractivity (Wildman–Crippen MR) is 117 cm³/mol. The monoisotopic (exact) mass is 439 g/mol. The number of nitrogens with one attached hydrogen (secondary N) is 2. The van der Waals surface area contributed by atoms with Gasteiger partial charge in [-0.25, -0.2) is 9.59 Å². The standard InChI is InChI=1S/C23H25N3O6/c1-3-32-22(29)16-7-5-15(6-8-16)14-24-23(30)25-17-9-10-18-19(13-17)21(28)26(20(18)27)11-4-12-31-2/h5-10,13H,3-4,11-12,14H2,1-2H3,(H2,24,25,30). The smallest absolute Gasteiger partial charge is 0.338 e.